The zero-order valence-electron chi connectivity index (χ0n) is 17.6. The standard InChI is InChI=1S/C21H26ClN5O2S/c1-5-13(3)23-17(28)12-30-21-24-18-14(4)25-27(6-2)19(18)20(29)26(21)11-15-9-7-8-10-16(15)22/h7-10,13H,5-6,11-12H2,1-4H3,(H,23,28)/t13-/m1/s1. The van der Waals surface area contributed by atoms with Crippen LogP contribution in [0, 0.1) is 6.92 Å². The van der Waals surface area contributed by atoms with E-state index in [0.717, 1.165) is 12.0 Å². The number of carbonyl (C=O) groups is 1. The van der Waals surface area contributed by atoms with Crippen LogP contribution in [0.15, 0.2) is 34.2 Å². The predicted molar refractivity (Wildman–Crippen MR) is 121 cm³/mol. The number of carbonyl (C=O) groups excluding carboxylic acids is 1. The number of aryl methyl sites for hydroxylation is 2. The van der Waals surface area contributed by atoms with E-state index in [1.54, 1.807) is 15.3 Å². The van der Waals surface area contributed by atoms with Gasteiger partial charge in [0, 0.05) is 17.6 Å². The molecule has 1 N–H and O–H groups in total. The van der Waals surface area contributed by atoms with E-state index < -0.39 is 0 Å². The number of hydrogen-bond acceptors (Lipinski definition) is 5. The van der Waals surface area contributed by atoms with Crippen molar-refractivity contribution in [1.29, 1.82) is 0 Å². The summed E-state index contributed by atoms with van der Waals surface area (Å²) in [6, 6.07) is 7.50. The predicted octanol–water partition coefficient (Wildman–Crippen LogP) is 3.63. The van der Waals surface area contributed by atoms with Crippen LogP contribution in [0.5, 0.6) is 0 Å². The maximum absolute atomic E-state index is 13.4. The molecule has 3 aromatic rings. The van der Waals surface area contributed by atoms with Gasteiger partial charge in [-0.05, 0) is 38.8 Å². The van der Waals surface area contributed by atoms with Gasteiger partial charge in [0.15, 0.2) is 10.7 Å². The van der Waals surface area contributed by atoms with Crippen molar-refractivity contribution in [2.75, 3.05) is 5.75 Å². The van der Waals surface area contributed by atoms with Gasteiger partial charge < -0.3 is 5.32 Å². The molecule has 2 aromatic heterocycles. The number of amides is 1. The minimum atomic E-state index is -0.188. The van der Waals surface area contributed by atoms with Crippen LogP contribution in [0.3, 0.4) is 0 Å². The van der Waals surface area contributed by atoms with Crippen molar-refractivity contribution >= 4 is 40.3 Å². The third-order valence-electron chi connectivity index (χ3n) is 4.92. The van der Waals surface area contributed by atoms with Crippen LogP contribution in [-0.4, -0.2) is 37.0 Å². The van der Waals surface area contributed by atoms with Crippen LogP contribution < -0.4 is 10.9 Å². The molecule has 160 valence electrons. The van der Waals surface area contributed by atoms with Crippen molar-refractivity contribution in [2.45, 2.75) is 58.4 Å². The summed E-state index contributed by atoms with van der Waals surface area (Å²) in [6.45, 7) is 8.59. The molecular weight excluding hydrogens is 422 g/mol. The molecule has 0 saturated heterocycles. The summed E-state index contributed by atoms with van der Waals surface area (Å²) in [4.78, 5) is 30.4. The van der Waals surface area contributed by atoms with E-state index in [-0.39, 0.29) is 29.8 Å². The number of benzene rings is 1. The van der Waals surface area contributed by atoms with Crippen LogP contribution in [0.1, 0.15) is 38.4 Å². The Bertz CT molecular complexity index is 1120. The lowest BCUT2D eigenvalue weighted by Gasteiger charge is -2.14. The van der Waals surface area contributed by atoms with E-state index in [4.69, 9.17) is 16.6 Å². The first-order chi connectivity index (χ1) is 14.3. The van der Waals surface area contributed by atoms with Crippen LogP contribution in [-0.2, 0) is 17.9 Å². The number of hydrogen-bond donors (Lipinski definition) is 1. The van der Waals surface area contributed by atoms with Gasteiger partial charge in [0.05, 0.1) is 18.0 Å². The highest BCUT2D eigenvalue weighted by Gasteiger charge is 2.20. The lowest BCUT2D eigenvalue weighted by molar-refractivity contribution is -0.119. The molecule has 0 aliphatic heterocycles. The Balaban J connectivity index is 2.05. The fourth-order valence-corrected chi connectivity index (χ4v) is 4.11. The highest BCUT2D eigenvalue weighted by Crippen LogP contribution is 2.23. The van der Waals surface area contributed by atoms with Crippen molar-refractivity contribution in [2.24, 2.45) is 0 Å². The van der Waals surface area contributed by atoms with Gasteiger partial charge in [-0.25, -0.2) is 4.98 Å². The molecule has 0 unspecified atom stereocenters. The molecule has 0 aliphatic rings. The van der Waals surface area contributed by atoms with Gasteiger partial charge in [0.25, 0.3) is 5.56 Å². The molecule has 0 spiro atoms. The van der Waals surface area contributed by atoms with Gasteiger partial charge in [-0.1, -0.05) is 48.5 Å². The first-order valence-electron chi connectivity index (χ1n) is 9.99. The molecule has 0 radical (unpaired) electrons. The molecule has 0 aliphatic carbocycles. The van der Waals surface area contributed by atoms with E-state index in [2.05, 4.69) is 10.4 Å². The third kappa shape index (κ3) is 4.70. The molecule has 2 heterocycles. The average molecular weight is 448 g/mol. The van der Waals surface area contributed by atoms with Crippen molar-refractivity contribution in [3.63, 3.8) is 0 Å². The van der Waals surface area contributed by atoms with Crippen LogP contribution in [0.25, 0.3) is 11.0 Å². The monoisotopic (exact) mass is 447 g/mol. The topological polar surface area (TPSA) is 81.8 Å². The largest absolute Gasteiger partial charge is 0.353 e. The normalized spacial score (nSPS) is 12.3. The van der Waals surface area contributed by atoms with E-state index in [1.165, 1.54) is 11.8 Å². The Morgan fingerprint density at radius 3 is 2.70 bits per heavy atom. The Kier molecular flexibility index (Phi) is 7.20. The third-order valence-corrected chi connectivity index (χ3v) is 6.26. The summed E-state index contributed by atoms with van der Waals surface area (Å²) in [5.74, 6) is 0.0835. The summed E-state index contributed by atoms with van der Waals surface area (Å²) >= 11 is 7.58. The van der Waals surface area contributed by atoms with Gasteiger partial charge in [0.1, 0.15) is 5.52 Å². The molecule has 7 nitrogen and oxygen atoms in total. The summed E-state index contributed by atoms with van der Waals surface area (Å²) in [7, 11) is 0. The Morgan fingerprint density at radius 2 is 2.03 bits per heavy atom. The highest BCUT2D eigenvalue weighted by atomic mass is 35.5. The SMILES string of the molecule is CC[C@@H](C)NC(=O)CSc1nc2c(C)nn(CC)c2c(=O)n1Cc1ccccc1Cl. The first kappa shape index (κ1) is 22.4. The van der Waals surface area contributed by atoms with E-state index in [1.807, 2.05) is 45.9 Å². The Hall–Kier alpha value is -2.32. The van der Waals surface area contributed by atoms with Crippen molar-refractivity contribution < 1.29 is 4.79 Å². The van der Waals surface area contributed by atoms with Gasteiger partial charge in [0.2, 0.25) is 5.91 Å². The van der Waals surface area contributed by atoms with Crippen molar-refractivity contribution in [3.05, 3.63) is 50.9 Å². The lowest BCUT2D eigenvalue weighted by Crippen LogP contribution is -2.33. The molecule has 9 heteroatoms. The van der Waals surface area contributed by atoms with E-state index >= 15 is 0 Å². The number of halogens is 1. The van der Waals surface area contributed by atoms with Crippen molar-refractivity contribution in [1.82, 2.24) is 24.6 Å². The summed E-state index contributed by atoms with van der Waals surface area (Å²) in [5.41, 5.74) is 2.36. The summed E-state index contributed by atoms with van der Waals surface area (Å²) in [5, 5.41) is 8.45. The minimum absolute atomic E-state index is 0.0889. The van der Waals surface area contributed by atoms with Crippen LogP contribution in [0.2, 0.25) is 5.02 Å². The highest BCUT2D eigenvalue weighted by molar-refractivity contribution is 7.99. The maximum atomic E-state index is 13.4. The maximum Gasteiger partial charge on any atom is 0.280 e. The van der Waals surface area contributed by atoms with Gasteiger partial charge >= 0.3 is 0 Å². The molecule has 0 saturated carbocycles. The quantitative estimate of drug-likeness (QED) is 0.421. The Morgan fingerprint density at radius 1 is 1.30 bits per heavy atom. The second-order valence-corrected chi connectivity index (χ2v) is 8.49. The van der Waals surface area contributed by atoms with Crippen LogP contribution in [0.4, 0.5) is 0 Å². The smallest absolute Gasteiger partial charge is 0.280 e. The van der Waals surface area contributed by atoms with Gasteiger partial charge in [-0.3, -0.25) is 18.8 Å². The first-order valence-corrected chi connectivity index (χ1v) is 11.4. The number of nitrogens with zero attached hydrogens (tertiary/aromatic N) is 4. The van der Waals surface area contributed by atoms with E-state index in [9.17, 15) is 9.59 Å². The Labute approximate surface area is 184 Å². The van der Waals surface area contributed by atoms with Gasteiger partial charge in [-0.15, -0.1) is 0 Å². The second kappa shape index (κ2) is 9.66. The summed E-state index contributed by atoms with van der Waals surface area (Å²) < 4.78 is 3.26. The molecule has 30 heavy (non-hydrogen) atoms. The minimum Gasteiger partial charge on any atom is -0.353 e. The molecule has 1 amide bonds. The molecule has 3 rings (SSSR count). The molecule has 1 atom stereocenters. The van der Waals surface area contributed by atoms with Gasteiger partial charge in [-0.2, -0.15) is 5.10 Å². The summed E-state index contributed by atoms with van der Waals surface area (Å²) in [6.07, 6.45) is 0.854. The molecular formula is C21H26ClN5O2S. The number of rotatable bonds is 8. The lowest BCUT2D eigenvalue weighted by atomic mass is 10.2. The number of fused-ring (bicyclic) bond motifs is 1. The molecule has 0 fully saturated rings. The fraction of sp³-hybridized carbons (Fsp3) is 0.429. The molecule has 1 aromatic carbocycles. The van der Waals surface area contributed by atoms with E-state index in [0.29, 0.717) is 33.5 Å². The number of aromatic nitrogens is 4. The van der Waals surface area contributed by atoms with Crippen LogP contribution >= 0.6 is 23.4 Å². The zero-order valence-corrected chi connectivity index (χ0v) is 19.2. The molecule has 0 bridgehead atoms. The van der Waals surface area contributed by atoms with Crippen molar-refractivity contribution in [3.8, 4) is 0 Å². The second-order valence-electron chi connectivity index (χ2n) is 7.14. The average Bonchev–Trinajstić information content (AvgIpc) is 3.05. The fourth-order valence-electron chi connectivity index (χ4n) is 3.11. The number of nitrogens with one attached hydrogen (secondary N) is 1. The number of thioether (sulfide) groups is 1. The zero-order chi connectivity index (χ0) is 21.8.